The van der Waals surface area contributed by atoms with Gasteiger partial charge in [0.2, 0.25) is 0 Å². The molecule has 0 saturated carbocycles. The van der Waals surface area contributed by atoms with E-state index in [4.69, 9.17) is 9.84 Å². The summed E-state index contributed by atoms with van der Waals surface area (Å²) in [6.45, 7) is 3.77. The van der Waals surface area contributed by atoms with E-state index in [1.54, 1.807) is 0 Å². The number of rotatable bonds is 4. The molecule has 4 heteroatoms. The van der Waals surface area contributed by atoms with E-state index in [1.807, 2.05) is 36.1 Å². The highest BCUT2D eigenvalue weighted by molar-refractivity contribution is 5.69. The molecule has 0 aromatic heterocycles. The molecular formula is C14H19NO3. The van der Waals surface area contributed by atoms with Crippen LogP contribution in [0.25, 0.3) is 0 Å². The summed E-state index contributed by atoms with van der Waals surface area (Å²) in [5, 5.41) is 8.72. The van der Waals surface area contributed by atoms with Crippen LogP contribution < -0.4 is 4.74 Å². The molecule has 0 spiro atoms. The fraction of sp³-hybridized carbons (Fsp3) is 0.500. The predicted octanol–water partition coefficient (Wildman–Crippen LogP) is 1.92. The largest absolute Gasteiger partial charge is 0.490 e. The first-order valence-corrected chi connectivity index (χ1v) is 6.31. The number of ether oxygens (including phenoxy) is 1. The molecule has 0 aliphatic carbocycles. The first-order valence-electron chi connectivity index (χ1n) is 6.31. The Morgan fingerprint density at radius 2 is 1.94 bits per heavy atom. The molecule has 18 heavy (non-hydrogen) atoms. The minimum Gasteiger partial charge on any atom is -0.490 e. The van der Waals surface area contributed by atoms with Gasteiger partial charge < -0.3 is 9.84 Å². The highest BCUT2D eigenvalue weighted by Gasteiger charge is 2.21. The van der Waals surface area contributed by atoms with Gasteiger partial charge in [-0.05, 0) is 31.9 Å². The molecule has 98 valence electrons. The fourth-order valence-corrected chi connectivity index (χ4v) is 2.19. The monoisotopic (exact) mass is 249 g/mol. The van der Waals surface area contributed by atoms with E-state index in [9.17, 15) is 4.79 Å². The van der Waals surface area contributed by atoms with E-state index in [0.717, 1.165) is 31.7 Å². The lowest BCUT2D eigenvalue weighted by atomic mass is 10.1. The molecule has 2 rings (SSSR count). The third kappa shape index (κ3) is 3.74. The topological polar surface area (TPSA) is 49.8 Å². The van der Waals surface area contributed by atoms with Crippen molar-refractivity contribution >= 4 is 5.97 Å². The first kappa shape index (κ1) is 12.9. The Balaban J connectivity index is 1.79. The van der Waals surface area contributed by atoms with E-state index in [1.165, 1.54) is 5.56 Å². The van der Waals surface area contributed by atoms with Gasteiger partial charge in [-0.25, -0.2) is 0 Å². The summed E-state index contributed by atoms with van der Waals surface area (Å²) in [7, 11) is 0. The van der Waals surface area contributed by atoms with Gasteiger partial charge in [-0.15, -0.1) is 0 Å². The van der Waals surface area contributed by atoms with Crippen molar-refractivity contribution in [1.29, 1.82) is 0 Å². The van der Waals surface area contributed by atoms with Crippen molar-refractivity contribution in [2.75, 3.05) is 19.6 Å². The molecule has 0 atom stereocenters. The van der Waals surface area contributed by atoms with Crippen LogP contribution in [0.2, 0.25) is 0 Å². The van der Waals surface area contributed by atoms with Gasteiger partial charge in [-0.1, -0.05) is 17.7 Å². The minimum absolute atomic E-state index is 0.136. The van der Waals surface area contributed by atoms with Crippen molar-refractivity contribution in [3.05, 3.63) is 29.8 Å². The zero-order valence-electron chi connectivity index (χ0n) is 10.6. The zero-order valence-corrected chi connectivity index (χ0v) is 10.6. The lowest BCUT2D eigenvalue weighted by molar-refractivity contribution is -0.138. The molecule has 4 nitrogen and oxygen atoms in total. The normalized spacial score (nSPS) is 17.6. The molecule has 0 radical (unpaired) electrons. The van der Waals surface area contributed by atoms with Gasteiger partial charge >= 0.3 is 5.97 Å². The number of aryl methyl sites for hydroxylation is 1. The number of hydrogen-bond donors (Lipinski definition) is 1. The molecule has 1 heterocycles. The van der Waals surface area contributed by atoms with Gasteiger partial charge in [-0.3, -0.25) is 9.69 Å². The van der Waals surface area contributed by atoms with Crippen LogP contribution in [0.1, 0.15) is 18.4 Å². The maximum absolute atomic E-state index is 10.6. The maximum Gasteiger partial charge on any atom is 0.317 e. The number of carboxylic acids is 1. The molecular weight excluding hydrogens is 230 g/mol. The molecule has 1 saturated heterocycles. The Hall–Kier alpha value is -1.55. The first-order chi connectivity index (χ1) is 8.63. The number of aliphatic carboxylic acids is 1. The van der Waals surface area contributed by atoms with Crippen LogP contribution in [-0.4, -0.2) is 41.7 Å². The number of carboxylic acid groups (broad SMARTS) is 1. The molecule has 0 bridgehead atoms. The van der Waals surface area contributed by atoms with Crippen LogP contribution in [-0.2, 0) is 4.79 Å². The van der Waals surface area contributed by atoms with Gasteiger partial charge in [0.05, 0.1) is 6.54 Å². The average molecular weight is 249 g/mol. The van der Waals surface area contributed by atoms with E-state index in [0.29, 0.717) is 0 Å². The number of piperidine rings is 1. The van der Waals surface area contributed by atoms with E-state index in [-0.39, 0.29) is 12.6 Å². The molecule has 1 fully saturated rings. The molecule has 1 aliphatic rings. The van der Waals surface area contributed by atoms with Crippen molar-refractivity contribution < 1.29 is 14.6 Å². The summed E-state index contributed by atoms with van der Waals surface area (Å²) in [6.07, 6.45) is 1.99. The second-order valence-corrected chi connectivity index (χ2v) is 4.80. The quantitative estimate of drug-likeness (QED) is 0.885. The van der Waals surface area contributed by atoms with Crippen LogP contribution in [0.5, 0.6) is 5.75 Å². The standard InChI is InChI=1S/C14H19NO3/c1-11-2-4-12(5-3-11)18-13-6-8-15(9-7-13)10-14(16)17/h2-5,13H,6-10H2,1H3,(H,16,17). The van der Waals surface area contributed by atoms with E-state index in [2.05, 4.69) is 0 Å². The van der Waals surface area contributed by atoms with Crippen LogP contribution >= 0.6 is 0 Å². The Bertz CT molecular complexity index is 394. The molecule has 1 aromatic carbocycles. The zero-order chi connectivity index (χ0) is 13.0. The lowest BCUT2D eigenvalue weighted by Gasteiger charge is -2.31. The number of carbonyl (C=O) groups is 1. The second-order valence-electron chi connectivity index (χ2n) is 4.80. The Morgan fingerprint density at radius 3 is 2.50 bits per heavy atom. The summed E-state index contributed by atoms with van der Waals surface area (Å²) in [4.78, 5) is 12.6. The van der Waals surface area contributed by atoms with Crippen molar-refractivity contribution in [2.45, 2.75) is 25.9 Å². The van der Waals surface area contributed by atoms with E-state index < -0.39 is 5.97 Å². The smallest absolute Gasteiger partial charge is 0.317 e. The third-order valence-electron chi connectivity index (χ3n) is 3.22. The average Bonchev–Trinajstić information content (AvgIpc) is 2.34. The second kappa shape index (κ2) is 5.87. The predicted molar refractivity (Wildman–Crippen MR) is 68.9 cm³/mol. The van der Waals surface area contributed by atoms with Gasteiger partial charge in [0.1, 0.15) is 11.9 Å². The minimum atomic E-state index is -0.757. The number of nitrogens with zero attached hydrogens (tertiary/aromatic N) is 1. The lowest BCUT2D eigenvalue weighted by Crippen LogP contribution is -2.40. The Labute approximate surface area is 107 Å². The van der Waals surface area contributed by atoms with Crippen LogP contribution in [0.3, 0.4) is 0 Å². The SMILES string of the molecule is Cc1ccc(OC2CCN(CC(=O)O)CC2)cc1. The van der Waals surface area contributed by atoms with Crippen molar-refractivity contribution in [1.82, 2.24) is 4.90 Å². The fourth-order valence-electron chi connectivity index (χ4n) is 2.19. The van der Waals surface area contributed by atoms with Gasteiger partial charge in [0.25, 0.3) is 0 Å². The van der Waals surface area contributed by atoms with Gasteiger partial charge in [0, 0.05) is 13.1 Å². The molecule has 1 aliphatic heterocycles. The van der Waals surface area contributed by atoms with Crippen molar-refractivity contribution in [3.8, 4) is 5.75 Å². The maximum atomic E-state index is 10.6. The van der Waals surface area contributed by atoms with E-state index >= 15 is 0 Å². The highest BCUT2D eigenvalue weighted by Crippen LogP contribution is 2.19. The third-order valence-corrected chi connectivity index (χ3v) is 3.22. The van der Waals surface area contributed by atoms with Crippen LogP contribution in [0.4, 0.5) is 0 Å². The van der Waals surface area contributed by atoms with Gasteiger partial charge in [-0.2, -0.15) is 0 Å². The van der Waals surface area contributed by atoms with Crippen molar-refractivity contribution in [3.63, 3.8) is 0 Å². The van der Waals surface area contributed by atoms with Crippen molar-refractivity contribution in [2.24, 2.45) is 0 Å². The Kier molecular flexibility index (Phi) is 4.20. The molecule has 1 aromatic rings. The molecule has 0 amide bonds. The highest BCUT2D eigenvalue weighted by atomic mass is 16.5. The summed E-state index contributed by atoms with van der Waals surface area (Å²) >= 11 is 0. The summed E-state index contributed by atoms with van der Waals surface area (Å²) < 4.78 is 5.89. The molecule has 1 N–H and O–H groups in total. The summed E-state index contributed by atoms with van der Waals surface area (Å²) in [6, 6.07) is 8.04. The van der Waals surface area contributed by atoms with Gasteiger partial charge in [0.15, 0.2) is 0 Å². The Morgan fingerprint density at radius 1 is 1.33 bits per heavy atom. The van der Waals surface area contributed by atoms with Crippen LogP contribution in [0, 0.1) is 6.92 Å². The molecule has 0 unspecified atom stereocenters. The number of hydrogen-bond acceptors (Lipinski definition) is 3. The summed E-state index contributed by atoms with van der Waals surface area (Å²) in [5.74, 6) is 0.144. The number of benzene rings is 1. The summed E-state index contributed by atoms with van der Waals surface area (Å²) in [5.41, 5.74) is 1.22. The number of likely N-dealkylation sites (tertiary alicyclic amines) is 1. The van der Waals surface area contributed by atoms with Crippen LogP contribution in [0.15, 0.2) is 24.3 Å².